The predicted molar refractivity (Wildman–Crippen MR) is 96.4 cm³/mol. The van der Waals surface area contributed by atoms with E-state index in [1.165, 1.54) is 25.9 Å². The molecule has 0 saturated carbocycles. The van der Waals surface area contributed by atoms with E-state index in [2.05, 4.69) is 27.0 Å². The van der Waals surface area contributed by atoms with Crippen LogP contribution in [0.25, 0.3) is 0 Å². The largest absolute Gasteiger partial charge is 0.450 e. The fourth-order valence-electron chi connectivity index (χ4n) is 3.38. The van der Waals surface area contributed by atoms with Gasteiger partial charge in [0.25, 0.3) is 0 Å². The van der Waals surface area contributed by atoms with Gasteiger partial charge in [-0.3, -0.25) is 4.99 Å². The van der Waals surface area contributed by atoms with Crippen LogP contribution in [-0.4, -0.2) is 92.8 Å². The summed E-state index contributed by atoms with van der Waals surface area (Å²) in [5.41, 5.74) is 0. The van der Waals surface area contributed by atoms with Crippen LogP contribution in [0.3, 0.4) is 0 Å². The topological polar surface area (TPSA) is 60.4 Å². The minimum Gasteiger partial charge on any atom is -0.450 e. The number of nitrogens with one attached hydrogen (secondary N) is 1. The Bertz CT molecular complexity index is 415. The first kappa shape index (κ1) is 18.8. The van der Waals surface area contributed by atoms with E-state index in [1.807, 2.05) is 14.0 Å². The van der Waals surface area contributed by atoms with Gasteiger partial charge in [0.05, 0.1) is 6.61 Å². The number of guanidine groups is 1. The van der Waals surface area contributed by atoms with E-state index in [1.54, 1.807) is 4.90 Å². The number of amides is 1. The summed E-state index contributed by atoms with van der Waals surface area (Å²) in [5.74, 6) is 1.53. The van der Waals surface area contributed by atoms with Crippen molar-refractivity contribution >= 4 is 12.1 Å². The van der Waals surface area contributed by atoms with E-state index < -0.39 is 0 Å². The summed E-state index contributed by atoms with van der Waals surface area (Å²) in [6.45, 7) is 12.1. The van der Waals surface area contributed by atoms with Gasteiger partial charge in [0.1, 0.15) is 0 Å². The lowest BCUT2D eigenvalue weighted by molar-refractivity contribution is 0.0914. The van der Waals surface area contributed by atoms with Crippen molar-refractivity contribution in [2.75, 3.05) is 66.0 Å². The van der Waals surface area contributed by atoms with Gasteiger partial charge in [-0.25, -0.2) is 4.79 Å². The van der Waals surface area contributed by atoms with Crippen LogP contribution in [0, 0.1) is 5.92 Å². The van der Waals surface area contributed by atoms with E-state index in [-0.39, 0.29) is 6.09 Å². The molecule has 2 aliphatic heterocycles. The summed E-state index contributed by atoms with van der Waals surface area (Å²) in [6.07, 6.45) is 2.47. The van der Waals surface area contributed by atoms with Crippen LogP contribution in [0.4, 0.5) is 4.79 Å². The molecule has 1 amide bonds. The molecule has 0 aromatic heterocycles. The van der Waals surface area contributed by atoms with Gasteiger partial charge < -0.3 is 24.8 Å². The molecule has 2 rings (SSSR count). The highest BCUT2D eigenvalue weighted by Crippen LogP contribution is 2.10. The highest BCUT2D eigenvalue weighted by atomic mass is 16.6. The van der Waals surface area contributed by atoms with Crippen LogP contribution in [0.5, 0.6) is 0 Å². The number of likely N-dealkylation sites (tertiary alicyclic amines) is 1. The fourth-order valence-corrected chi connectivity index (χ4v) is 3.38. The second-order valence-corrected chi connectivity index (χ2v) is 6.71. The third-order valence-corrected chi connectivity index (χ3v) is 4.69. The van der Waals surface area contributed by atoms with Crippen molar-refractivity contribution in [3.05, 3.63) is 0 Å². The van der Waals surface area contributed by atoms with Gasteiger partial charge in [-0.1, -0.05) is 6.92 Å². The zero-order chi connectivity index (χ0) is 17.4. The standard InChI is InChI=1S/C17H33N5O2/c1-4-24-17(23)22-11-9-21(10-12-22)16(18-3)19-13-15(2)14-20-7-5-6-8-20/h15H,4-14H2,1-3H3,(H,18,19). The maximum atomic E-state index is 11.8. The van der Waals surface area contributed by atoms with Crippen LogP contribution in [-0.2, 0) is 4.74 Å². The van der Waals surface area contributed by atoms with E-state index in [0.29, 0.717) is 25.6 Å². The van der Waals surface area contributed by atoms with Gasteiger partial charge >= 0.3 is 6.09 Å². The Morgan fingerprint density at radius 1 is 1.12 bits per heavy atom. The monoisotopic (exact) mass is 339 g/mol. The Kier molecular flexibility index (Phi) is 7.62. The van der Waals surface area contributed by atoms with E-state index in [0.717, 1.165) is 32.1 Å². The van der Waals surface area contributed by atoms with E-state index in [9.17, 15) is 4.79 Å². The molecule has 1 atom stereocenters. The molecule has 0 aromatic carbocycles. The fraction of sp³-hybridized carbons (Fsp3) is 0.882. The maximum Gasteiger partial charge on any atom is 0.409 e. The summed E-state index contributed by atoms with van der Waals surface area (Å²) >= 11 is 0. The van der Waals surface area contributed by atoms with Crippen LogP contribution in [0.1, 0.15) is 26.7 Å². The van der Waals surface area contributed by atoms with Crippen molar-refractivity contribution in [1.29, 1.82) is 0 Å². The molecule has 0 bridgehead atoms. The molecule has 1 unspecified atom stereocenters. The molecule has 0 spiro atoms. The van der Waals surface area contributed by atoms with Crippen molar-refractivity contribution in [2.45, 2.75) is 26.7 Å². The normalized spacial score (nSPS) is 21.0. The maximum absolute atomic E-state index is 11.8. The number of rotatable bonds is 5. The van der Waals surface area contributed by atoms with Gasteiger partial charge in [0, 0.05) is 46.3 Å². The lowest BCUT2D eigenvalue weighted by Crippen LogP contribution is -2.54. The van der Waals surface area contributed by atoms with Crippen LogP contribution >= 0.6 is 0 Å². The Labute approximate surface area is 146 Å². The Hall–Kier alpha value is -1.50. The quantitative estimate of drug-likeness (QED) is 0.600. The number of piperazine rings is 1. The summed E-state index contributed by atoms with van der Waals surface area (Å²) in [4.78, 5) is 22.7. The SMILES string of the molecule is CCOC(=O)N1CCN(C(=NC)NCC(C)CN2CCCC2)CC1. The Morgan fingerprint density at radius 3 is 2.33 bits per heavy atom. The summed E-state index contributed by atoms with van der Waals surface area (Å²) in [7, 11) is 1.82. The molecule has 2 saturated heterocycles. The second kappa shape index (κ2) is 9.71. The van der Waals surface area contributed by atoms with Crippen molar-refractivity contribution in [2.24, 2.45) is 10.9 Å². The molecular weight excluding hydrogens is 306 g/mol. The first-order valence-corrected chi connectivity index (χ1v) is 9.23. The number of hydrogen-bond donors (Lipinski definition) is 1. The zero-order valence-electron chi connectivity index (χ0n) is 15.5. The van der Waals surface area contributed by atoms with Crippen LogP contribution in [0.15, 0.2) is 4.99 Å². The number of hydrogen-bond acceptors (Lipinski definition) is 4. The molecule has 2 heterocycles. The number of carbonyl (C=O) groups excluding carboxylic acids is 1. The lowest BCUT2D eigenvalue weighted by atomic mass is 10.1. The zero-order valence-corrected chi connectivity index (χ0v) is 15.5. The number of carbonyl (C=O) groups is 1. The van der Waals surface area contributed by atoms with Crippen molar-refractivity contribution < 1.29 is 9.53 Å². The first-order chi connectivity index (χ1) is 11.6. The molecule has 2 fully saturated rings. The van der Waals surface area contributed by atoms with E-state index >= 15 is 0 Å². The molecule has 138 valence electrons. The van der Waals surface area contributed by atoms with Crippen molar-refractivity contribution in [3.8, 4) is 0 Å². The average Bonchev–Trinajstić information content (AvgIpc) is 3.09. The average molecular weight is 339 g/mol. The van der Waals surface area contributed by atoms with Crippen LogP contribution < -0.4 is 5.32 Å². The van der Waals surface area contributed by atoms with Gasteiger partial charge in [0.2, 0.25) is 0 Å². The first-order valence-electron chi connectivity index (χ1n) is 9.23. The minimum absolute atomic E-state index is 0.209. The second-order valence-electron chi connectivity index (χ2n) is 6.71. The molecule has 0 aliphatic carbocycles. The van der Waals surface area contributed by atoms with Crippen molar-refractivity contribution in [3.63, 3.8) is 0 Å². The predicted octanol–water partition coefficient (Wildman–Crippen LogP) is 1.07. The van der Waals surface area contributed by atoms with E-state index in [4.69, 9.17) is 4.74 Å². The lowest BCUT2D eigenvalue weighted by Gasteiger charge is -2.36. The number of ether oxygens (including phenoxy) is 1. The molecular formula is C17H33N5O2. The van der Waals surface area contributed by atoms with Gasteiger partial charge in [-0.05, 0) is 38.8 Å². The molecule has 24 heavy (non-hydrogen) atoms. The number of aliphatic imine (C=N–C) groups is 1. The van der Waals surface area contributed by atoms with Gasteiger partial charge in [0.15, 0.2) is 5.96 Å². The number of nitrogens with zero attached hydrogens (tertiary/aromatic N) is 4. The minimum atomic E-state index is -0.209. The third-order valence-electron chi connectivity index (χ3n) is 4.69. The molecule has 1 N–H and O–H groups in total. The smallest absolute Gasteiger partial charge is 0.409 e. The highest BCUT2D eigenvalue weighted by Gasteiger charge is 2.24. The molecule has 7 nitrogen and oxygen atoms in total. The molecule has 0 aromatic rings. The molecule has 2 aliphatic rings. The molecule has 7 heteroatoms. The Balaban J connectivity index is 1.71. The third kappa shape index (κ3) is 5.54. The summed E-state index contributed by atoms with van der Waals surface area (Å²) in [5, 5.41) is 3.50. The van der Waals surface area contributed by atoms with Crippen molar-refractivity contribution in [1.82, 2.24) is 20.0 Å². The summed E-state index contributed by atoms with van der Waals surface area (Å²) in [6, 6.07) is 0. The van der Waals surface area contributed by atoms with Gasteiger partial charge in [-0.15, -0.1) is 0 Å². The summed E-state index contributed by atoms with van der Waals surface area (Å²) < 4.78 is 5.06. The van der Waals surface area contributed by atoms with Gasteiger partial charge in [-0.2, -0.15) is 0 Å². The molecule has 0 radical (unpaired) electrons. The highest BCUT2D eigenvalue weighted by molar-refractivity contribution is 5.80. The Morgan fingerprint density at radius 2 is 1.75 bits per heavy atom. The van der Waals surface area contributed by atoms with Crippen LogP contribution in [0.2, 0.25) is 0 Å².